The van der Waals surface area contributed by atoms with Crippen molar-refractivity contribution in [2.75, 3.05) is 0 Å². The summed E-state index contributed by atoms with van der Waals surface area (Å²) in [7, 11) is 0. The third-order valence-electron chi connectivity index (χ3n) is 2.86. The van der Waals surface area contributed by atoms with Gasteiger partial charge in [0.2, 0.25) is 0 Å². The maximum Gasteiger partial charge on any atom is 0.318 e. The zero-order valence-corrected chi connectivity index (χ0v) is 7.25. The molecule has 2 rings (SSSR count). The minimum Gasteiger partial charge on any atom is -0.481 e. The van der Waals surface area contributed by atoms with Gasteiger partial charge in [0, 0.05) is 0 Å². The van der Waals surface area contributed by atoms with Gasteiger partial charge in [-0.15, -0.1) is 0 Å². The summed E-state index contributed by atoms with van der Waals surface area (Å²) in [5, 5.41) is 17.4. The molecule has 1 saturated heterocycles. The smallest absolute Gasteiger partial charge is 0.318 e. The van der Waals surface area contributed by atoms with Crippen LogP contribution in [0, 0.1) is 23.7 Å². The maximum atomic E-state index is 11.0. The zero-order chi connectivity index (χ0) is 11.3. The minimum atomic E-state index is -1.39. The van der Waals surface area contributed by atoms with Crippen molar-refractivity contribution in [1.82, 2.24) is 0 Å². The predicted octanol–water partition coefficient (Wildman–Crippen LogP) is -1.28. The SMILES string of the molecule is O=C(O)C1C(C(=O)O)C2C(=O)OC(=O)C12. The van der Waals surface area contributed by atoms with Gasteiger partial charge in [-0.2, -0.15) is 0 Å². The van der Waals surface area contributed by atoms with Crippen LogP contribution in [0.4, 0.5) is 0 Å². The van der Waals surface area contributed by atoms with E-state index in [9.17, 15) is 19.2 Å². The van der Waals surface area contributed by atoms with Crippen molar-refractivity contribution in [3.05, 3.63) is 0 Å². The van der Waals surface area contributed by atoms with E-state index in [0.717, 1.165) is 0 Å². The Balaban J connectivity index is 2.34. The Morgan fingerprint density at radius 3 is 1.53 bits per heavy atom. The molecule has 0 radical (unpaired) electrons. The number of hydrogen-bond donors (Lipinski definition) is 2. The van der Waals surface area contributed by atoms with E-state index in [1.807, 2.05) is 0 Å². The van der Waals surface area contributed by atoms with Gasteiger partial charge in [0.1, 0.15) is 0 Å². The number of rotatable bonds is 2. The third kappa shape index (κ3) is 1.06. The van der Waals surface area contributed by atoms with Gasteiger partial charge in [-0.1, -0.05) is 0 Å². The second kappa shape index (κ2) is 2.78. The molecule has 1 heterocycles. The highest BCUT2D eigenvalue weighted by Gasteiger charge is 2.68. The lowest BCUT2D eigenvalue weighted by atomic mass is 9.57. The Labute approximate surface area is 82.6 Å². The summed E-state index contributed by atoms with van der Waals surface area (Å²) in [4.78, 5) is 43.5. The highest BCUT2D eigenvalue weighted by atomic mass is 16.6. The molecule has 1 aliphatic heterocycles. The molecular formula is C8H6O7. The van der Waals surface area contributed by atoms with E-state index < -0.39 is 47.5 Å². The fourth-order valence-corrected chi connectivity index (χ4v) is 2.18. The fourth-order valence-electron chi connectivity index (χ4n) is 2.18. The Bertz CT molecular complexity index is 348. The number of carboxylic acids is 2. The molecule has 4 atom stereocenters. The Kier molecular flexibility index (Phi) is 1.79. The van der Waals surface area contributed by atoms with E-state index in [4.69, 9.17) is 10.2 Å². The van der Waals surface area contributed by atoms with E-state index in [1.165, 1.54) is 0 Å². The summed E-state index contributed by atoms with van der Waals surface area (Å²) < 4.78 is 4.20. The highest BCUT2D eigenvalue weighted by Crippen LogP contribution is 2.51. The van der Waals surface area contributed by atoms with E-state index in [-0.39, 0.29) is 0 Å². The molecule has 80 valence electrons. The maximum absolute atomic E-state index is 11.0. The molecular weight excluding hydrogens is 208 g/mol. The van der Waals surface area contributed by atoms with Crippen LogP contribution < -0.4 is 0 Å². The van der Waals surface area contributed by atoms with Crippen molar-refractivity contribution < 1.29 is 34.1 Å². The molecule has 1 saturated carbocycles. The molecule has 0 aromatic heterocycles. The first-order chi connectivity index (χ1) is 6.95. The molecule has 2 aliphatic rings. The van der Waals surface area contributed by atoms with Crippen LogP contribution in [0.5, 0.6) is 0 Å². The van der Waals surface area contributed by atoms with Crippen molar-refractivity contribution in [2.24, 2.45) is 23.7 Å². The molecule has 0 aromatic rings. The first-order valence-corrected chi connectivity index (χ1v) is 4.16. The molecule has 7 nitrogen and oxygen atoms in total. The van der Waals surface area contributed by atoms with Crippen molar-refractivity contribution in [1.29, 1.82) is 0 Å². The van der Waals surface area contributed by atoms with Gasteiger partial charge >= 0.3 is 23.9 Å². The standard InChI is InChI=1S/C8H6O7/c9-5(10)1-2(6(11)12)4-3(1)7(13)15-8(4)14/h1-4H,(H,9,10)(H,11,12). The van der Waals surface area contributed by atoms with Gasteiger partial charge in [0.05, 0.1) is 23.7 Å². The molecule has 4 unspecified atom stereocenters. The number of carbonyl (C=O) groups is 4. The van der Waals surface area contributed by atoms with Crippen LogP contribution in [0.1, 0.15) is 0 Å². The molecule has 0 bridgehead atoms. The van der Waals surface area contributed by atoms with Gasteiger partial charge in [0.25, 0.3) is 0 Å². The molecule has 15 heavy (non-hydrogen) atoms. The highest BCUT2D eigenvalue weighted by molar-refractivity contribution is 6.05. The summed E-state index contributed by atoms with van der Waals surface area (Å²) in [5.41, 5.74) is 0. The first kappa shape index (κ1) is 9.63. The number of carboxylic acid groups (broad SMARTS) is 2. The Hall–Kier alpha value is -1.92. The number of aliphatic carboxylic acids is 2. The number of fused-ring (bicyclic) bond motifs is 1. The van der Waals surface area contributed by atoms with Crippen LogP contribution in [0.3, 0.4) is 0 Å². The van der Waals surface area contributed by atoms with Gasteiger partial charge < -0.3 is 14.9 Å². The quantitative estimate of drug-likeness (QED) is 0.434. The lowest BCUT2D eigenvalue weighted by molar-refractivity contribution is -0.175. The average molecular weight is 214 g/mol. The van der Waals surface area contributed by atoms with Gasteiger partial charge in [-0.3, -0.25) is 19.2 Å². The van der Waals surface area contributed by atoms with Crippen LogP contribution in [0.15, 0.2) is 0 Å². The van der Waals surface area contributed by atoms with E-state index in [2.05, 4.69) is 4.74 Å². The van der Waals surface area contributed by atoms with Crippen LogP contribution in [0.2, 0.25) is 0 Å². The second-order valence-corrected chi connectivity index (χ2v) is 3.52. The van der Waals surface area contributed by atoms with Gasteiger partial charge in [-0.25, -0.2) is 0 Å². The van der Waals surface area contributed by atoms with Crippen LogP contribution >= 0.6 is 0 Å². The number of carbonyl (C=O) groups excluding carboxylic acids is 2. The molecule has 1 aliphatic carbocycles. The normalized spacial score (nSPS) is 37.9. The van der Waals surface area contributed by atoms with Crippen LogP contribution in [-0.4, -0.2) is 34.1 Å². The molecule has 2 N–H and O–H groups in total. The Morgan fingerprint density at radius 1 is 0.933 bits per heavy atom. The van der Waals surface area contributed by atoms with Crippen molar-refractivity contribution in [2.45, 2.75) is 0 Å². The van der Waals surface area contributed by atoms with Crippen molar-refractivity contribution in [3.63, 3.8) is 0 Å². The summed E-state index contributed by atoms with van der Waals surface area (Å²) in [6.07, 6.45) is 0. The third-order valence-corrected chi connectivity index (χ3v) is 2.86. The van der Waals surface area contributed by atoms with E-state index in [1.54, 1.807) is 0 Å². The molecule has 7 heteroatoms. The number of cyclic esters (lactones) is 2. The monoisotopic (exact) mass is 214 g/mol. The number of esters is 2. The summed E-state index contributed by atoms with van der Waals surface area (Å²) in [6.45, 7) is 0. The minimum absolute atomic E-state index is 0.935. The summed E-state index contributed by atoms with van der Waals surface area (Å²) in [5.74, 6) is -9.62. The zero-order valence-electron chi connectivity index (χ0n) is 7.25. The van der Waals surface area contributed by atoms with Crippen LogP contribution in [0.25, 0.3) is 0 Å². The lowest BCUT2D eigenvalue weighted by Crippen LogP contribution is -2.55. The average Bonchev–Trinajstić information content (AvgIpc) is 2.19. The second-order valence-electron chi connectivity index (χ2n) is 3.52. The first-order valence-electron chi connectivity index (χ1n) is 4.16. The summed E-state index contributed by atoms with van der Waals surface area (Å²) >= 11 is 0. The predicted molar refractivity (Wildman–Crippen MR) is 40.3 cm³/mol. The molecule has 0 spiro atoms. The number of ether oxygens (including phenoxy) is 1. The van der Waals surface area contributed by atoms with Crippen molar-refractivity contribution >= 4 is 23.9 Å². The van der Waals surface area contributed by atoms with E-state index in [0.29, 0.717) is 0 Å². The topological polar surface area (TPSA) is 118 Å². The molecule has 0 amide bonds. The lowest BCUT2D eigenvalue weighted by Gasteiger charge is -2.38. The Morgan fingerprint density at radius 2 is 1.27 bits per heavy atom. The van der Waals surface area contributed by atoms with E-state index >= 15 is 0 Å². The van der Waals surface area contributed by atoms with Gasteiger partial charge in [0.15, 0.2) is 0 Å². The molecule has 0 aromatic carbocycles. The van der Waals surface area contributed by atoms with Crippen LogP contribution in [-0.2, 0) is 23.9 Å². The molecule has 2 fully saturated rings. The summed E-state index contributed by atoms with van der Waals surface area (Å²) in [6, 6.07) is 0. The fraction of sp³-hybridized carbons (Fsp3) is 0.500. The van der Waals surface area contributed by atoms with Gasteiger partial charge in [-0.05, 0) is 0 Å². The number of hydrogen-bond acceptors (Lipinski definition) is 5. The van der Waals surface area contributed by atoms with Crippen molar-refractivity contribution in [3.8, 4) is 0 Å². The largest absolute Gasteiger partial charge is 0.481 e.